The molecule has 4 unspecified atom stereocenters. The maximum atomic E-state index is 12.8. The molecule has 0 radical (unpaired) electrons. The maximum Gasteiger partial charge on any atom is 0.305 e. The SMILES string of the molecule is CCCCCCC/C=C/C(CCCCCCCC(=O)OCC(CC)CCCC)COC(=O)CCCCC(=O)OCC(/C=C/CCCCCCC(=O)OCC(CC)CCCC)CCCCCCCC. The van der Waals surface area contributed by atoms with Gasteiger partial charge in [-0.25, -0.2) is 0 Å². The molecule has 0 saturated heterocycles. The summed E-state index contributed by atoms with van der Waals surface area (Å²) in [6, 6.07) is 0. The largest absolute Gasteiger partial charge is 0.465 e. The minimum absolute atomic E-state index is 0.0543. The molecule has 0 fully saturated rings. The number of allylic oxidation sites excluding steroid dienone is 2. The molecule has 8 heteroatoms. The Balaban J connectivity index is 4.66. The standard InChI is InChI=1S/C60H110O8/c1-7-13-17-19-21-26-32-42-56(44-34-28-24-30-36-46-58(62)66-50-54(12-6)40-16-10-4)52-68-60(64)48-38-37-47-59(63)67-51-55(41-31-25-20-18-14-8-2)43-33-27-22-23-29-35-45-57(61)65-49-53(11-5)39-15-9-3/h32-33,42-43,53-56H,7-31,34-41,44-52H2,1-6H3/b42-32+,43-33+. The fraction of sp³-hybridized carbons (Fsp3) is 0.867. The second kappa shape index (κ2) is 50.7. The Morgan fingerprint density at radius 3 is 0.971 bits per heavy atom. The smallest absolute Gasteiger partial charge is 0.305 e. The Bertz CT molecular complexity index is 1210. The van der Waals surface area contributed by atoms with Crippen LogP contribution in [-0.4, -0.2) is 50.3 Å². The van der Waals surface area contributed by atoms with Crippen molar-refractivity contribution in [3.05, 3.63) is 24.3 Å². The zero-order valence-electron chi connectivity index (χ0n) is 45.6. The van der Waals surface area contributed by atoms with Gasteiger partial charge in [-0.1, -0.05) is 207 Å². The topological polar surface area (TPSA) is 105 Å². The molecule has 0 aliphatic rings. The quantitative estimate of drug-likeness (QED) is 0.0257. The van der Waals surface area contributed by atoms with Crippen molar-refractivity contribution in [2.24, 2.45) is 23.7 Å². The van der Waals surface area contributed by atoms with Crippen LogP contribution in [0.4, 0.5) is 0 Å². The van der Waals surface area contributed by atoms with Gasteiger partial charge >= 0.3 is 23.9 Å². The summed E-state index contributed by atoms with van der Waals surface area (Å²) in [5.41, 5.74) is 0. The summed E-state index contributed by atoms with van der Waals surface area (Å²) in [6.07, 6.45) is 48.1. The molecule has 0 aromatic rings. The second-order valence-electron chi connectivity index (χ2n) is 20.2. The van der Waals surface area contributed by atoms with E-state index >= 15 is 0 Å². The van der Waals surface area contributed by atoms with Crippen LogP contribution in [0.25, 0.3) is 0 Å². The summed E-state index contributed by atoms with van der Waals surface area (Å²) < 4.78 is 22.7. The first-order chi connectivity index (χ1) is 33.2. The predicted octanol–water partition coefficient (Wildman–Crippen LogP) is 17.7. The second-order valence-corrected chi connectivity index (χ2v) is 20.2. The van der Waals surface area contributed by atoms with Gasteiger partial charge in [0.05, 0.1) is 26.4 Å². The number of ether oxygens (including phenoxy) is 4. The Morgan fingerprint density at radius 2 is 0.618 bits per heavy atom. The first kappa shape index (κ1) is 65.4. The lowest BCUT2D eigenvalue weighted by Crippen LogP contribution is -2.14. The normalized spacial score (nSPS) is 13.4. The average Bonchev–Trinajstić information content (AvgIpc) is 3.34. The molecule has 0 rings (SSSR count). The third kappa shape index (κ3) is 44.6. The Labute approximate surface area is 420 Å². The van der Waals surface area contributed by atoms with Crippen LogP contribution in [0, 0.1) is 23.7 Å². The molecule has 0 bridgehead atoms. The van der Waals surface area contributed by atoms with Crippen LogP contribution < -0.4 is 0 Å². The van der Waals surface area contributed by atoms with Crippen molar-refractivity contribution in [2.45, 2.75) is 286 Å². The minimum Gasteiger partial charge on any atom is -0.465 e. The first-order valence-electron chi connectivity index (χ1n) is 29.2. The predicted molar refractivity (Wildman–Crippen MR) is 286 cm³/mol. The van der Waals surface area contributed by atoms with Crippen LogP contribution in [0.3, 0.4) is 0 Å². The highest BCUT2D eigenvalue weighted by Crippen LogP contribution is 2.20. The molecule has 0 amide bonds. The van der Waals surface area contributed by atoms with Gasteiger partial charge < -0.3 is 18.9 Å². The van der Waals surface area contributed by atoms with Crippen LogP contribution in [0.15, 0.2) is 24.3 Å². The van der Waals surface area contributed by atoms with Gasteiger partial charge in [0.25, 0.3) is 0 Å². The number of carbonyl (C=O) groups excluding carboxylic acids is 4. The number of hydrogen-bond donors (Lipinski definition) is 0. The van der Waals surface area contributed by atoms with Gasteiger partial charge in [-0.2, -0.15) is 0 Å². The fourth-order valence-corrected chi connectivity index (χ4v) is 8.64. The van der Waals surface area contributed by atoms with Gasteiger partial charge in [-0.05, 0) is 88.9 Å². The van der Waals surface area contributed by atoms with Crippen LogP contribution in [0.5, 0.6) is 0 Å². The monoisotopic (exact) mass is 959 g/mol. The van der Waals surface area contributed by atoms with E-state index < -0.39 is 0 Å². The van der Waals surface area contributed by atoms with Crippen LogP contribution >= 0.6 is 0 Å². The Kier molecular flexibility index (Phi) is 48.8. The summed E-state index contributed by atoms with van der Waals surface area (Å²) in [5, 5.41) is 0. The summed E-state index contributed by atoms with van der Waals surface area (Å²) in [4.78, 5) is 50.1. The van der Waals surface area contributed by atoms with Crippen molar-refractivity contribution in [1.82, 2.24) is 0 Å². The first-order valence-corrected chi connectivity index (χ1v) is 29.2. The highest BCUT2D eigenvalue weighted by atomic mass is 16.5. The van der Waals surface area contributed by atoms with Crippen LogP contribution in [-0.2, 0) is 38.1 Å². The van der Waals surface area contributed by atoms with E-state index in [1.807, 2.05) is 0 Å². The lowest BCUT2D eigenvalue weighted by molar-refractivity contribution is -0.146. The van der Waals surface area contributed by atoms with E-state index in [0.717, 1.165) is 116 Å². The molecule has 8 nitrogen and oxygen atoms in total. The molecule has 0 aromatic heterocycles. The molecule has 0 saturated carbocycles. The molecule has 0 aliphatic carbocycles. The Morgan fingerprint density at radius 1 is 0.324 bits per heavy atom. The summed E-state index contributed by atoms with van der Waals surface area (Å²) in [5.74, 6) is 0.908. The van der Waals surface area contributed by atoms with Crippen molar-refractivity contribution >= 4 is 23.9 Å². The zero-order chi connectivity index (χ0) is 50.0. The number of carbonyl (C=O) groups is 4. The summed E-state index contributed by atoms with van der Waals surface area (Å²) >= 11 is 0. The van der Waals surface area contributed by atoms with Crippen molar-refractivity contribution in [1.29, 1.82) is 0 Å². The van der Waals surface area contributed by atoms with Gasteiger partial charge in [0.1, 0.15) is 0 Å². The number of rotatable bonds is 51. The van der Waals surface area contributed by atoms with Gasteiger partial charge in [0.2, 0.25) is 0 Å². The van der Waals surface area contributed by atoms with Crippen molar-refractivity contribution in [3.8, 4) is 0 Å². The lowest BCUT2D eigenvalue weighted by Gasteiger charge is -2.15. The van der Waals surface area contributed by atoms with Crippen molar-refractivity contribution < 1.29 is 38.1 Å². The lowest BCUT2D eigenvalue weighted by atomic mass is 9.99. The molecule has 398 valence electrons. The van der Waals surface area contributed by atoms with Gasteiger partial charge in [0.15, 0.2) is 0 Å². The van der Waals surface area contributed by atoms with Gasteiger partial charge in [-0.3, -0.25) is 19.2 Å². The average molecular weight is 960 g/mol. The van der Waals surface area contributed by atoms with E-state index in [0.29, 0.717) is 76.8 Å². The van der Waals surface area contributed by atoms with Crippen LogP contribution in [0.1, 0.15) is 286 Å². The minimum atomic E-state index is -0.191. The number of hydrogen-bond acceptors (Lipinski definition) is 8. The third-order valence-electron chi connectivity index (χ3n) is 13.7. The Hall–Kier alpha value is -2.64. The van der Waals surface area contributed by atoms with Crippen molar-refractivity contribution in [3.63, 3.8) is 0 Å². The van der Waals surface area contributed by atoms with E-state index in [9.17, 15) is 19.2 Å². The zero-order valence-corrected chi connectivity index (χ0v) is 45.6. The molecule has 0 aliphatic heterocycles. The van der Waals surface area contributed by atoms with Crippen LogP contribution in [0.2, 0.25) is 0 Å². The molecule has 0 heterocycles. The van der Waals surface area contributed by atoms with E-state index in [2.05, 4.69) is 65.8 Å². The van der Waals surface area contributed by atoms with Crippen molar-refractivity contribution in [2.75, 3.05) is 26.4 Å². The number of unbranched alkanes of at least 4 members (excludes halogenated alkanes) is 21. The molecule has 4 atom stereocenters. The van der Waals surface area contributed by atoms with Gasteiger partial charge in [-0.15, -0.1) is 0 Å². The summed E-state index contributed by atoms with van der Waals surface area (Å²) in [6.45, 7) is 15.2. The maximum absolute atomic E-state index is 12.8. The molecule has 0 aromatic carbocycles. The molecule has 68 heavy (non-hydrogen) atoms. The van der Waals surface area contributed by atoms with E-state index in [1.54, 1.807) is 0 Å². The summed E-state index contributed by atoms with van der Waals surface area (Å²) in [7, 11) is 0. The van der Waals surface area contributed by atoms with E-state index in [4.69, 9.17) is 18.9 Å². The van der Waals surface area contributed by atoms with E-state index in [1.165, 1.54) is 89.9 Å². The number of esters is 4. The van der Waals surface area contributed by atoms with E-state index in [-0.39, 0.29) is 35.7 Å². The fourth-order valence-electron chi connectivity index (χ4n) is 8.64. The van der Waals surface area contributed by atoms with Gasteiger partial charge in [0, 0.05) is 37.5 Å². The third-order valence-corrected chi connectivity index (χ3v) is 13.7. The highest BCUT2D eigenvalue weighted by Gasteiger charge is 2.14. The highest BCUT2D eigenvalue weighted by molar-refractivity contribution is 5.71. The molecular weight excluding hydrogens is 849 g/mol. The molecular formula is C60H110O8. The molecule has 0 spiro atoms. The molecule has 0 N–H and O–H groups in total.